The van der Waals surface area contributed by atoms with Crippen LogP contribution in [-0.4, -0.2) is 60.3 Å². The topological polar surface area (TPSA) is 113 Å². The molecule has 0 saturated carbocycles. The molecule has 3 amide bonds. The number of hydrogen-bond acceptors (Lipinski definition) is 5. The number of aliphatic hydroxyl groups excluding tert-OH is 1. The zero-order valence-corrected chi connectivity index (χ0v) is 13.1. The third-order valence-corrected chi connectivity index (χ3v) is 4.42. The normalized spacial score (nSPS) is 20.4. The zero-order chi connectivity index (χ0) is 17.3. The van der Waals surface area contributed by atoms with Gasteiger partial charge in [-0.05, 0) is 36.1 Å². The molecule has 0 bridgehead atoms. The Kier molecular flexibility index (Phi) is 4.39. The number of nitrogens with zero attached hydrogens (tertiary/aromatic N) is 2. The number of amides is 3. The lowest BCUT2D eigenvalue weighted by Gasteiger charge is -2.18. The van der Waals surface area contributed by atoms with Crippen molar-refractivity contribution in [2.75, 3.05) is 31.1 Å². The Labute approximate surface area is 138 Å². The van der Waals surface area contributed by atoms with E-state index in [1.165, 1.54) is 4.90 Å². The maximum atomic E-state index is 11.9. The Morgan fingerprint density at radius 2 is 1.96 bits per heavy atom. The second kappa shape index (κ2) is 6.48. The number of benzene rings is 1. The van der Waals surface area contributed by atoms with Crippen molar-refractivity contribution in [1.29, 1.82) is 0 Å². The van der Waals surface area contributed by atoms with Crippen LogP contribution in [0.25, 0.3) is 0 Å². The summed E-state index contributed by atoms with van der Waals surface area (Å²) in [6.45, 7) is 0.684. The molecular formula is C16H19N3O5. The molecule has 0 aliphatic carbocycles. The molecule has 3 N–H and O–H groups in total. The molecule has 0 aromatic heterocycles. The number of rotatable bonds is 3. The molecule has 1 unspecified atom stereocenters. The summed E-state index contributed by atoms with van der Waals surface area (Å²) in [5.74, 6) is -0.950. The van der Waals surface area contributed by atoms with Gasteiger partial charge in [0.1, 0.15) is 6.61 Å². The summed E-state index contributed by atoms with van der Waals surface area (Å²) in [6.07, 6.45) is -0.203. The Morgan fingerprint density at radius 1 is 1.25 bits per heavy atom. The molecule has 2 aliphatic rings. The van der Waals surface area contributed by atoms with Crippen LogP contribution >= 0.6 is 0 Å². The Balaban J connectivity index is 1.78. The molecule has 1 aromatic carbocycles. The van der Waals surface area contributed by atoms with E-state index in [9.17, 15) is 14.4 Å². The number of nitrogens with two attached hydrogens (primary N) is 1. The summed E-state index contributed by atoms with van der Waals surface area (Å²) in [5.41, 5.74) is 7.97. The van der Waals surface area contributed by atoms with Crippen molar-refractivity contribution in [3.05, 3.63) is 29.3 Å². The Morgan fingerprint density at radius 3 is 2.58 bits per heavy atom. The first-order valence-corrected chi connectivity index (χ1v) is 7.77. The highest BCUT2D eigenvalue weighted by molar-refractivity contribution is 5.95. The van der Waals surface area contributed by atoms with Gasteiger partial charge >= 0.3 is 6.09 Å². The van der Waals surface area contributed by atoms with Gasteiger partial charge in [0, 0.05) is 18.8 Å². The summed E-state index contributed by atoms with van der Waals surface area (Å²) >= 11 is 0. The molecule has 8 nitrogen and oxygen atoms in total. The van der Waals surface area contributed by atoms with Gasteiger partial charge in [-0.3, -0.25) is 14.5 Å². The number of fused-ring (bicyclic) bond motifs is 1. The first-order valence-electron chi connectivity index (χ1n) is 7.77. The van der Waals surface area contributed by atoms with Crippen molar-refractivity contribution >= 4 is 23.6 Å². The number of carbonyl (C=O) groups excluding carboxylic acids is 3. The number of primary amides is 1. The first-order chi connectivity index (χ1) is 11.5. The SMILES string of the molecule is NC(=O)C1CN(c2ccc3c(c2)CCN(C(=O)CO)CC3)C(=O)O1. The van der Waals surface area contributed by atoms with Gasteiger partial charge in [0.05, 0.1) is 6.54 Å². The smallest absolute Gasteiger partial charge is 0.415 e. The van der Waals surface area contributed by atoms with Crippen molar-refractivity contribution in [1.82, 2.24) is 4.90 Å². The van der Waals surface area contributed by atoms with Crippen LogP contribution in [0.1, 0.15) is 11.1 Å². The standard InChI is InChI=1S/C16H19N3O5/c17-15(22)13-8-19(16(23)24-13)12-2-1-10-3-5-18(14(21)9-20)6-4-11(10)7-12/h1-2,7,13,20H,3-6,8-9H2,(H2,17,22). The molecule has 2 aliphatic heterocycles. The van der Waals surface area contributed by atoms with E-state index in [0.29, 0.717) is 31.6 Å². The summed E-state index contributed by atoms with van der Waals surface area (Å²) < 4.78 is 4.95. The molecule has 1 aromatic rings. The highest BCUT2D eigenvalue weighted by atomic mass is 16.6. The highest BCUT2D eigenvalue weighted by Gasteiger charge is 2.36. The quantitative estimate of drug-likeness (QED) is 0.768. The lowest BCUT2D eigenvalue weighted by molar-refractivity contribution is -0.134. The fraction of sp³-hybridized carbons (Fsp3) is 0.438. The summed E-state index contributed by atoms with van der Waals surface area (Å²) in [7, 11) is 0. The van der Waals surface area contributed by atoms with Crippen LogP contribution in [0.15, 0.2) is 18.2 Å². The molecule has 3 rings (SSSR count). The largest absolute Gasteiger partial charge is 0.434 e. The van der Waals surface area contributed by atoms with E-state index in [0.717, 1.165) is 11.1 Å². The zero-order valence-electron chi connectivity index (χ0n) is 13.1. The predicted molar refractivity (Wildman–Crippen MR) is 84.3 cm³/mol. The Bertz CT molecular complexity index is 690. The average Bonchev–Trinajstić information content (AvgIpc) is 2.84. The van der Waals surface area contributed by atoms with E-state index in [1.807, 2.05) is 12.1 Å². The molecule has 24 heavy (non-hydrogen) atoms. The first kappa shape index (κ1) is 16.3. The maximum absolute atomic E-state index is 11.9. The number of carbonyl (C=O) groups is 3. The molecule has 0 radical (unpaired) electrons. The van der Waals surface area contributed by atoms with Crippen molar-refractivity contribution in [3.8, 4) is 0 Å². The van der Waals surface area contributed by atoms with Crippen LogP contribution in [0.3, 0.4) is 0 Å². The third-order valence-electron chi connectivity index (χ3n) is 4.42. The summed E-state index contributed by atoms with van der Waals surface area (Å²) in [4.78, 5) is 37.8. The van der Waals surface area contributed by atoms with Gasteiger partial charge < -0.3 is 20.5 Å². The van der Waals surface area contributed by atoms with Gasteiger partial charge in [0.25, 0.3) is 5.91 Å². The van der Waals surface area contributed by atoms with E-state index < -0.39 is 24.7 Å². The third kappa shape index (κ3) is 3.05. The minimum Gasteiger partial charge on any atom is -0.434 e. The van der Waals surface area contributed by atoms with E-state index >= 15 is 0 Å². The molecule has 128 valence electrons. The fourth-order valence-corrected chi connectivity index (χ4v) is 3.05. The van der Waals surface area contributed by atoms with E-state index in [1.54, 1.807) is 11.0 Å². The minimum atomic E-state index is -0.936. The van der Waals surface area contributed by atoms with E-state index in [2.05, 4.69) is 0 Å². The summed E-state index contributed by atoms with van der Waals surface area (Å²) in [6, 6.07) is 5.60. The number of anilines is 1. The van der Waals surface area contributed by atoms with Crippen LogP contribution in [0.5, 0.6) is 0 Å². The highest BCUT2D eigenvalue weighted by Crippen LogP contribution is 2.26. The Hall–Kier alpha value is -2.61. The van der Waals surface area contributed by atoms with Gasteiger partial charge in [-0.1, -0.05) is 6.07 Å². The van der Waals surface area contributed by atoms with E-state index in [-0.39, 0.29) is 12.5 Å². The van der Waals surface area contributed by atoms with Gasteiger partial charge in [0.15, 0.2) is 6.10 Å². The molecule has 2 heterocycles. The maximum Gasteiger partial charge on any atom is 0.415 e. The van der Waals surface area contributed by atoms with Crippen molar-refractivity contribution < 1.29 is 24.2 Å². The van der Waals surface area contributed by atoms with Crippen molar-refractivity contribution in [2.45, 2.75) is 18.9 Å². The number of cyclic esters (lactones) is 1. The number of ether oxygens (including phenoxy) is 1. The van der Waals surface area contributed by atoms with Gasteiger partial charge in [-0.2, -0.15) is 0 Å². The van der Waals surface area contributed by atoms with Crippen molar-refractivity contribution in [2.24, 2.45) is 5.73 Å². The molecule has 0 spiro atoms. The monoisotopic (exact) mass is 333 g/mol. The van der Waals surface area contributed by atoms with Gasteiger partial charge in [0.2, 0.25) is 5.91 Å². The molecule has 1 atom stereocenters. The average molecular weight is 333 g/mol. The number of aliphatic hydroxyl groups is 1. The second-order valence-electron chi connectivity index (χ2n) is 5.88. The number of hydrogen-bond donors (Lipinski definition) is 2. The van der Waals surface area contributed by atoms with Crippen LogP contribution < -0.4 is 10.6 Å². The second-order valence-corrected chi connectivity index (χ2v) is 5.88. The fourth-order valence-electron chi connectivity index (χ4n) is 3.05. The van der Waals surface area contributed by atoms with Crippen LogP contribution in [-0.2, 0) is 27.2 Å². The minimum absolute atomic E-state index is 0.0993. The van der Waals surface area contributed by atoms with Crippen LogP contribution in [0, 0.1) is 0 Å². The van der Waals surface area contributed by atoms with Crippen LogP contribution in [0.4, 0.5) is 10.5 Å². The molecule has 8 heteroatoms. The van der Waals surface area contributed by atoms with Crippen LogP contribution in [0.2, 0.25) is 0 Å². The predicted octanol–water partition coefficient (Wildman–Crippen LogP) is -0.583. The van der Waals surface area contributed by atoms with Gasteiger partial charge in [-0.25, -0.2) is 4.79 Å². The molecule has 1 fully saturated rings. The van der Waals surface area contributed by atoms with Gasteiger partial charge in [-0.15, -0.1) is 0 Å². The summed E-state index contributed by atoms with van der Waals surface area (Å²) in [5, 5.41) is 9.00. The lowest BCUT2D eigenvalue weighted by Crippen LogP contribution is -2.35. The molecule has 1 saturated heterocycles. The van der Waals surface area contributed by atoms with Crippen molar-refractivity contribution in [3.63, 3.8) is 0 Å². The molecular weight excluding hydrogens is 314 g/mol. The van der Waals surface area contributed by atoms with E-state index in [4.69, 9.17) is 15.6 Å². The lowest BCUT2D eigenvalue weighted by atomic mass is 10.0.